The normalized spacial score (nSPS) is 12.0. The first-order valence-corrected chi connectivity index (χ1v) is 12.2. The molecule has 0 aliphatic rings. The number of sulfonamides is 1. The van der Waals surface area contributed by atoms with E-state index in [9.17, 15) is 18.5 Å². The standard InChI is InChI=1S/C22H23N9O4S/c1-29(2)11-10-27-36(34,35)19-8-6-16(7-9-19)13-25-28-21-20-14-26-30(22(20)24-15-23-21)17-4-3-5-18(12-17)31(32)33/h3-9,12-15,27H,10-11H2,1-2H3,(H,23,24,28)/b25-13+. The maximum absolute atomic E-state index is 12.4. The minimum atomic E-state index is -3.59. The molecule has 14 heteroatoms. The number of fused-ring (bicyclic) bond motifs is 1. The molecule has 0 fully saturated rings. The van der Waals surface area contributed by atoms with Gasteiger partial charge in [0.25, 0.3) is 5.69 Å². The first-order valence-electron chi connectivity index (χ1n) is 10.7. The molecule has 0 spiro atoms. The lowest BCUT2D eigenvalue weighted by Gasteiger charge is -2.11. The third-order valence-electron chi connectivity index (χ3n) is 5.08. The van der Waals surface area contributed by atoms with Gasteiger partial charge >= 0.3 is 0 Å². The van der Waals surface area contributed by atoms with Crippen LogP contribution in [0.2, 0.25) is 0 Å². The summed E-state index contributed by atoms with van der Waals surface area (Å²) in [5.41, 5.74) is 4.38. The first kappa shape index (κ1) is 24.8. The molecule has 0 unspecified atom stereocenters. The molecule has 2 aromatic carbocycles. The lowest BCUT2D eigenvalue weighted by Crippen LogP contribution is -2.31. The molecule has 0 bridgehead atoms. The van der Waals surface area contributed by atoms with Crippen LogP contribution in [-0.2, 0) is 10.0 Å². The molecule has 0 aliphatic heterocycles. The van der Waals surface area contributed by atoms with Crippen LogP contribution in [0.3, 0.4) is 0 Å². The number of nitro benzene ring substituents is 1. The quantitative estimate of drug-likeness (QED) is 0.185. The molecule has 13 nitrogen and oxygen atoms in total. The van der Waals surface area contributed by atoms with Crippen LogP contribution in [0.25, 0.3) is 16.7 Å². The molecule has 0 atom stereocenters. The summed E-state index contributed by atoms with van der Waals surface area (Å²) in [4.78, 5) is 21.1. The number of hydrogen-bond donors (Lipinski definition) is 2. The van der Waals surface area contributed by atoms with Crippen LogP contribution in [0.1, 0.15) is 5.56 Å². The Kier molecular flexibility index (Phi) is 7.28. The number of hydrogen-bond acceptors (Lipinski definition) is 10. The van der Waals surface area contributed by atoms with Crippen molar-refractivity contribution in [2.45, 2.75) is 4.90 Å². The van der Waals surface area contributed by atoms with Crippen molar-refractivity contribution in [1.82, 2.24) is 29.4 Å². The number of nitrogens with zero attached hydrogens (tertiary/aromatic N) is 7. The van der Waals surface area contributed by atoms with Crippen LogP contribution in [0.15, 0.2) is 71.1 Å². The summed E-state index contributed by atoms with van der Waals surface area (Å²) < 4.78 is 28.8. The molecule has 0 saturated carbocycles. The molecule has 0 aliphatic carbocycles. The van der Waals surface area contributed by atoms with Crippen molar-refractivity contribution in [2.24, 2.45) is 5.10 Å². The third kappa shape index (κ3) is 5.68. The highest BCUT2D eigenvalue weighted by Gasteiger charge is 2.14. The molecule has 0 radical (unpaired) electrons. The Bertz CT molecular complexity index is 1520. The van der Waals surface area contributed by atoms with Crippen molar-refractivity contribution < 1.29 is 13.3 Å². The predicted molar refractivity (Wildman–Crippen MR) is 135 cm³/mol. The smallest absolute Gasteiger partial charge is 0.271 e. The Balaban J connectivity index is 1.48. The largest absolute Gasteiger partial charge is 0.308 e. The van der Waals surface area contributed by atoms with E-state index in [1.165, 1.54) is 47.7 Å². The summed E-state index contributed by atoms with van der Waals surface area (Å²) in [5, 5.41) is 20.1. The number of rotatable bonds is 10. The van der Waals surface area contributed by atoms with Crippen molar-refractivity contribution >= 4 is 38.8 Å². The lowest BCUT2D eigenvalue weighted by atomic mass is 10.2. The number of aromatic nitrogens is 4. The lowest BCUT2D eigenvalue weighted by molar-refractivity contribution is -0.384. The summed E-state index contributed by atoms with van der Waals surface area (Å²) >= 11 is 0. The Morgan fingerprint density at radius 2 is 1.94 bits per heavy atom. The van der Waals surface area contributed by atoms with Crippen molar-refractivity contribution in [2.75, 3.05) is 32.6 Å². The molecule has 0 amide bonds. The summed E-state index contributed by atoms with van der Waals surface area (Å²) in [6.45, 7) is 0.906. The van der Waals surface area contributed by atoms with Gasteiger partial charge in [-0.3, -0.25) is 15.5 Å². The highest BCUT2D eigenvalue weighted by Crippen LogP contribution is 2.23. The highest BCUT2D eigenvalue weighted by atomic mass is 32.2. The average molecular weight is 510 g/mol. The van der Waals surface area contributed by atoms with Gasteiger partial charge in [-0.1, -0.05) is 18.2 Å². The maximum atomic E-state index is 12.4. The maximum Gasteiger partial charge on any atom is 0.271 e. The van der Waals surface area contributed by atoms with Gasteiger partial charge in [0, 0.05) is 25.2 Å². The van der Waals surface area contributed by atoms with Gasteiger partial charge in [-0.25, -0.2) is 27.8 Å². The first-order chi connectivity index (χ1) is 17.2. The summed E-state index contributed by atoms with van der Waals surface area (Å²) in [6.07, 6.45) is 4.39. The zero-order chi connectivity index (χ0) is 25.7. The summed E-state index contributed by atoms with van der Waals surface area (Å²) in [7, 11) is 0.146. The Hall–Kier alpha value is -4.27. The fraction of sp³-hybridized carbons (Fsp3) is 0.182. The topological polar surface area (TPSA) is 161 Å². The minimum Gasteiger partial charge on any atom is -0.308 e. The van der Waals surface area contributed by atoms with Gasteiger partial charge in [0.15, 0.2) is 11.5 Å². The molecule has 2 aromatic heterocycles. The second kappa shape index (κ2) is 10.6. The molecule has 186 valence electrons. The molecular weight excluding hydrogens is 486 g/mol. The summed E-state index contributed by atoms with van der Waals surface area (Å²) in [6, 6.07) is 12.4. The third-order valence-corrected chi connectivity index (χ3v) is 6.55. The fourth-order valence-electron chi connectivity index (χ4n) is 3.25. The Morgan fingerprint density at radius 3 is 2.67 bits per heavy atom. The molecule has 4 rings (SSSR count). The van der Waals surface area contributed by atoms with Gasteiger partial charge < -0.3 is 4.90 Å². The number of nitro groups is 1. The zero-order valence-corrected chi connectivity index (χ0v) is 20.3. The van der Waals surface area contributed by atoms with E-state index in [0.29, 0.717) is 41.2 Å². The van der Waals surface area contributed by atoms with Crippen LogP contribution in [-0.4, -0.2) is 71.4 Å². The highest BCUT2D eigenvalue weighted by molar-refractivity contribution is 7.89. The molecular formula is C22H23N9O4S. The monoisotopic (exact) mass is 509 g/mol. The average Bonchev–Trinajstić information content (AvgIpc) is 3.29. The number of anilines is 1. The Labute approximate surface area is 206 Å². The molecule has 2 N–H and O–H groups in total. The second-order valence-electron chi connectivity index (χ2n) is 7.93. The van der Waals surface area contributed by atoms with Crippen molar-refractivity contribution in [3.8, 4) is 5.69 Å². The number of hydrazone groups is 1. The number of non-ortho nitro benzene ring substituents is 1. The number of benzene rings is 2. The van der Waals surface area contributed by atoms with E-state index in [1.54, 1.807) is 24.3 Å². The van der Waals surface area contributed by atoms with Crippen molar-refractivity contribution in [3.63, 3.8) is 0 Å². The zero-order valence-electron chi connectivity index (χ0n) is 19.4. The van der Waals surface area contributed by atoms with Crippen LogP contribution in [0.4, 0.5) is 11.5 Å². The molecule has 0 saturated heterocycles. The minimum absolute atomic E-state index is 0.0590. The van der Waals surface area contributed by atoms with Gasteiger partial charge in [0.05, 0.1) is 33.3 Å². The Morgan fingerprint density at radius 1 is 1.17 bits per heavy atom. The molecule has 4 aromatic rings. The van der Waals surface area contributed by atoms with Gasteiger partial charge in [0.1, 0.15) is 6.33 Å². The van der Waals surface area contributed by atoms with Gasteiger partial charge in [-0.15, -0.1) is 0 Å². The molecule has 36 heavy (non-hydrogen) atoms. The van der Waals surface area contributed by atoms with Crippen molar-refractivity contribution in [1.29, 1.82) is 0 Å². The molecule has 2 heterocycles. The summed E-state index contributed by atoms with van der Waals surface area (Å²) in [5.74, 6) is 0.386. The van der Waals surface area contributed by atoms with Gasteiger partial charge in [-0.2, -0.15) is 10.2 Å². The van der Waals surface area contributed by atoms with Crippen molar-refractivity contribution in [3.05, 3.63) is 76.7 Å². The van der Waals surface area contributed by atoms with E-state index in [-0.39, 0.29) is 10.6 Å². The SMILES string of the molecule is CN(C)CCNS(=O)(=O)c1ccc(/C=N/Nc2ncnc3c2cnn3-c2cccc([N+](=O)[O-])c2)cc1. The van der Waals surface area contributed by atoms with Crippen LogP contribution < -0.4 is 10.1 Å². The van der Waals surface area contributed by atoms with E-state index in [1.807, 2.05) is 19.0 Å². The van der Waals surface area contributed by atoms with E-state index in [4.69, 9.17) is 0 Å². The van der Waals surface area contributed by atoms with Gasteiger partial charge in [0.2, 0.25) is 10.0 Å². The van der Waals surface area contributed by atoms with Gasteiger partial charge in [-0.05, 0) is 37.9 Å². The number of nitrogens with one attached hydrogen (secondary N) is 2. The second-order valence-corrected chi connectivity index (χ2v) is 9.70. The predicted octanol–water partition coefficient (Wildman–Crippen LogP) is 2.01. The fourth-order valence-corrected chi connectivity index (χ4v) is 4.27. The van der Waals surface area contributed by atoms with E-state index < -0.39 is 14.9 Å². The van der Waals surface area contributed by atoms with E-state index in [2.05, 4.69) is 30.3 Å². The van der Waals surface area contributed by atoms with E-state index >= 15 is 0 Å². The van der Waals surface area contributed by atoms with Crippen LogP contribution in [0.5, 0.6) is 0 Å². The van der Waals surface area contributed by atoms with E-state index in [0.717, 1.165) is 0 Å². The van der Waals surface area contributed by atoms with Crippen LogP contribution >= 0.6 is 0 Å². The number of likely N-dealkylation sites (N-methyl/N-ethyl adjacent to an activating group) is 1. The van der Waals surface area contributed by atoms with Crippen LogP contribution in [0, 0.1) is 10.1 Å².